The predicted molar refractivity (Wildman–Crippen MR) is 81.8 cm³/mol. The minimum absolute atomic E-state index is 0.000223. The largest absolute Gasteiger partial charge is 0.491 e. The van der Waals surface area contributed by atoms with Crippen LogP contribution in [0.5, 0.6) is 5.75 Å². The van der Waals surface area contributed by atoms with Crippen molar-refractivity contribution in [3.8, 4) is 5.75 Å². The smallest absolute Gasteiger partial charge is 0.234 e. The van der Waals surface area contributed by atoms with Gasteiger partial charge in [-0.15, -0.1) is 0 Å². The fourth-order valence-electron chi connectivity index (χ4n) is 1.79. The van der Waals surface area contributed by atoms with Crippen LogP contribution in [0.15, 0.2) is 24.3 Å². The van der Waals surface area contributed by atoms with Crippen LogP contribution in [0.2, 0.25) is 0 Å². The van der Waals surface area contributed by atoms with Gasteiger partial charge in [0, 0.05) is 17.6 Å². The van der Waals surface area contributed by atoms with Crippen molar-refractivity contribution >= 4 is 5.91 Å². The number of rotatable bonds is 6. The van der Waals surface area contributed by atoms with Crippen LogP contribution in [0.25, 0.3) is 0 Å². The quantitative estimate of drug-likeness (QED) is 0.840. The van der Waals surface area contributed by atoms with Crippen LogP contribution in [0.4, 0.5) is 0 Å². The lowest BCUT2D eigenvalue weighted by molar-refractivity contribution is -0.121. The van der Waals surface area contributed by atoms with E-state index in [2.05, 4.69) is 10.6 Å². The standard InChI is InChI=1S/C16H26N2O2/c1-12(2)20-14-9-7-6-8-13(14)10-17-11-15(19)18-16(3,4)5/h6-9,12,17H,10-11H2,1-5H3,(H,18,19). The zero-order valence-corrected chi connectivity index (χ0v) is 13.1. The summed E-state index contributed by atoms with van der Waals surface area (Å²) in [5.41, 5.74) is 0.863. The molecule has 20 heavy (non-hydrogen) atoms. The highest BCUT2D eigenvalue weighted by Gasteiger charge is 2.13. The topological polar surface area (TPSA) is 50.4 Å². The van der Waals surface area contributed by atoms with Crippen molar-refractivity contribution in [3.63, 3.8) is 0 Å². The fraction of sp³-hybridized carbons (Fsp3) is 0.562. The van der Waals surface area contributed by atoms with Crippen LogP contribution in [0, 0.1) is 0 Å². The molecule has 0 fully saturated rings. The fourth-order valence-corrected chi connectivity index (χ4v) is 1.79. The van der Waals surface area contributed by atoms with E-state index in [0.717, 1.165) is 11.3 Å². The van der Waals surface area contributed by atoms with Gasteiger partial charge in [0.1, 0.15) is 5.75 Å². The average molecular weight is 278 g/mol. The second-order valence-corrected chi connectivity index (χ2v) is 6.18. The highest BCUT2D eigenvalue weighted by atomic mass is 16.5. The first-order chi connectivity index (χ1) is 9.28. The summed E-state index contributed by atoms with van der Waals surface area (Å²) in [5.74, 6) is 0.867. The van der Waals surface area contributed by atoms with Gasteiger partial charge in [0.15, 0.2) is 0 Å². The Morgan fingerprint density at radius 1 is 1.25 bits per heavy atom. The first kappa shape index (κ1) is 16.5. The molecule has 1 rings (SSSR count). The summed E-state index contributed by atoms with van der Waals surface area (Å²) in [6.07, 6.45) is 0.139. The first-order valence-electron chi connectivity index (χ1n) is 7.04. The molecule has 0 aliphatic heterocycles. The van der Waals surface area contributed by atoms with Crippen molar-refractivity contribution in [3.05, 3.63) is 29.8 Å². The van der Waals surface area contributed by atoms with Gasteiger partial charge in [-0.25, -0.2) is 0 Å². The van der Waals surface area contributed by atoms with Crippen LogP contribution >= 0.6 is 0 Å². The maximum atomic E-state index is 11.7. The molecule has 0 bridgehead atoms. The van der Waals surface area contributed by atoms with E-state index in [0.29, 0.717) is 13.1 Å². The summed E-state index contributed by atoms with van der Waals surface area (Å²) < 4.78 is 5.74. The molecular weight excluding hydrogens is 252 g/mol. The van der Waals surface area contributed by atoms with Crippen LogP contribution in [-0.2, 0) is 11.3 Å². The molecule has 1 amide bonds. The summed E-state index contributed by atoms with van der Waals surface area (Å²) >= 11 is 0. The minimum atomic E-state index is -0.197. The Labute approximate surface area is 121 Å². The Balaban J connectivity index is 2.48. The summed E-state index contributed by atoms with van der Waals surface area (Å²) in [6.45, 7) is 10.8. The van der Waals surface area contributed by atoms with E-state index in [9.17, 15) is 4.79 Å². The second kappa shape index (κ2) is 7.29. The summed E-state index contributed by atoms with van der Waals surface area (Å²) in [5, 5.41) is 6.07. The van der Waals surface area contributed by atoms with Gasteiger partial charge in [0.25, 0.3) is 0 Å². The molecule has 0 unspecified atom stereocenters. The highest BCUT2D eigenvalue weighted by Crippen LogP contribution is 2.18. The van der Waals surface area contributed by atoms with Gasteiger partial charge in [-0.2, -0.15) is 0 Å². The molecule has 2 N–H and O–H groups in total. The SMILES string of the molecule is CC(C)Oc1ccccc1CNCC(=O)NC(C)(C)C. The predicted octanol–water partition coefficient (Wildman–Crippen LogP) is 2.48. The normalized spacial score (nSPS) is 11.5. The van der Waals surface area contributed by atoms with Gasteiger partial charge >= 0.3 is 0 Å². The average Bonchev–Trinajstić information content (AvgIpc) is 2.28. The molecule has 4 nitrogen and oxygen atoms in total. The van der Waals surface area contributed by atoms with Crippen molar-refractivity contribution < 1.29 is 9.53 Å². The van der Waals surface area contributed by atoms with Crippen molar-refractivity contribution in [2.24, 2.45) is 0 Å². The maximum absolute atomic E-state index is 11.7. The Hall–Kier alpha value is -1.55. The van der Waals surface area contributed by atoms with Gasteiger partial charge < -0.3 is 15.4 Å². The van der Waals surface area contributed by atoms with Gasteiger partial charge in [-0.3, -0.25) is 4.79 Å². The molecule has 112 valence electrons. The van der Waals surface area contributed by atoms with Crippen molar-refractivity contribution in [1.29, 1.82) is 0 Å². The molecule has 0 atom stereocenters. The van der Waals surface area contributed by atoms with E-state index in [4.69, 9.17) is 4.74 Å². The number of hydrogen-bond acceptors (Lipinski definition) is 3. The summed E-state index contributed by atoms with van der Waals surface area (Å²) in [6, 6.07) is 7.88. The molecule has 0 spiro atoms. The maximum Gasteiger partial charge on any atom is 0.234 e. The van der Waals surface area contributed by atoms with Gasteiger partial charge in [-0.1, -0.05) is 18.2 Å². The van der Waals surface area contributed by atoms with Crippen molar-refractivity contribution in [2.75, 3.05) is 6.54 Å². The molecule has 1 aromatic rings. The molecule has 0 heterocycles. The Morgan fingerprint density at radius 3 is 2.50 bits per heavy atom. The van der Waals surface area contributed by atoms with E-state index in [1.54, 1.807) is 0 Å². The zero-order chi connectivity index (χ0) is 15.2. The summed E-state index contributed by atoms with van der Waals surface area (Å²) in [7, 11) is 0. The number of hydrogen-bond donors (Lipinski definition) is 2. The molecule has 0 saturated carbocycles. The number of carbonyl (C=O) groups is 1. The van der Waals surface area contributed by atoms with E-state index < -0.39 is 0 Å². The second-order valence-electron chi connectivity index (χ2n) is 6.18. The lowest BCUT2D eigenvalue weighted by atomic mass is 10.1. The zero-order valence-electron chi connectivity index (χ0n) is 13.1. The Kier molecular flexibility index (Phi) is 6.02. The Morgan fingerprint density at radius 2 is 1.90 bits per heavy atom. The number of ether oxygens (including phenoxy) is 1. The molecule has 0 aliphatic rings. The molecule has 0 aromatic heterocycles. The van der Waals surface area contributed by atoms with Gasteiger partial charge in [-0.05, 0) is 40.7 Å². The number of amides is 1. The third kappa shape index (κ3) is 6.57. The van der Waals surface area contributed by atoms with Crippen LogP contribution in [0.3, 0.4) is 0 Å². The van der Waals surface area contributed by atoms with Crippen LogP contribution in [-0.4, -0.2) is 24.1 Å². The molecular formula is C16H26N2O2. The van der Waals surface area contributed by atoms with E-state index in [1.165, 1.54) is 0 Å². The third-order valence-corrected chi connectivity index (χ3v) is 2.45. The van der Waals surface area contributed by atoms with Crippen LogP contribution < -0.4 is 15.4 Å². The number of carbonyl (C=O) groups excluding carboxylic acids is 1. The molecule has 0 aliphatic carbocycles. The lowest BCUT2D eigenvalue weighted by Gasteiger charge is -2.20. The van der Waals surface area contributed by atoms with E-state index in [-0.39, 0.29) is 17.6 Å². The van der Waals surface area contributed by atoms with Crippen LogP contribution in [0.1, 0.15) is 40.2 Å². The number of benzene rings is 1. The lowest BCUT2D eigenvalue weighted by Crippen LogP contribution is -2.44. The number of nitrogens with one attached hydrogen (secondary N) is 2. The first-order valence-corrected chi connectivity index (χ1v) is 7.04. The van der Waals surface area contributed by atoms with Gasteiger partial charge in [0.2, 0.25) is 5.91 Å². The molecule has 0 radical (unpaired) electrons. The minimum Gasteiger partial charge on any atom is -0.491 e. The molecule has 4 heteroatoms. The summed E-state index contributed by atoms with van der Waals surface area (Å²) in [4.78, 5) is 11.7. The van der Waals surface area contributed by atoms with Gasteiger partial charge in [0.05, 0.1) is 12.6 Å². The monoisotopic (exact) mass is 278 g/mol. The Bertz CT molecular complexity index is 436. The molecule has 1 aromatic carbocycles. The third-order valence-electron chi connectivity index (χ3n) is 2.45. The van der Waals surface area contributed by atoms with Crippen molar-refractivity contribution in [2.45, 2.75) is 52.8 Å². The van der Waals surface area contributed by atoms with E-state index >= 15 is 0 Å². The van der Waals surface area contributed by atoms with E-state index in [1.807, 2.05) is 58.9 Å². The van der Waals surface area contributed by atoms with Crippen molar-refractivity contribution in [1.82, 2.24) is 10.6 Å². The molecule has 0 saturated heterocycles. The number of para-hydroxylation sites is 1. The highest BCUT2D eigenvalue weighted by molar-refractivity contribution is 5.78.